The van der Waals surface area contributed by atoms with Crippen LogP contribution < -0.4 is 5.32 Å². The monoisotopic (exact) mass is 313 g/mol. The van der Waals surface area contributed by atoms with E-state index >= 15 is 0 Å². The lowest BCUT2D eigenvalue weighted by atomic mass is 10.0. The summed E-state index contributed by atoms with van der Waals surface area (Å²) in [5.41, 5.74) is 2.05. The Labute approximate surface area is 136 Å². The molecule has 1 saturated carbocycles. The van der Waals surface area contributed by atoms with E-state index in [1.165, 1.54) is 12.8 Å². The third kappa shape index (κ3) is 3.22. The van der Waals surface area contributed by atoms with Gasteiger partial charge in [-0.1, -0.05) is 0 Å². The van der Waals surface area contributed by atoms with Crippen LogP contribution in [0.25, 0.3) is 5.82 Å². The van der Waals surface area contributed by atoms with Gasteiger partial charge in [0.25, 0.3) is 0 Å². The van der Waals surface area contributed by atoms with E-state index in [1.54, 1.807) is 12.4 Å². The average molecular weight is 313 g/mol. The van der Waals surface area contributed by atoms with Crippen molar-refractivity contribution in [3.8, 4) is 5.82 Å². The second-order valence-electron chi connectivity index (χ2n) is 6.71. The van der Waals surface area contributed by atoms with Crippen molar-refractivity contribution in [1.82, 2.24) is 19.7 Å². The fourth-order valence-electron chi connectivity index (χ4n) is 3.35. The summed E-state index contributed by atoms with van der Waals surface area (Å²) >= 11 is 0. The first-order valence-electron chi connectivity index (χ1n) is 8.43. The van der Waals surface area contributed by atoms with Gasteiger partial charge in [-0.05, 0) is 51.5 Å². The van der Waals surface area contributed by atoms with E-state index in [2.05, 4.69) is 20.4 Å². The van der Waals surface area contributed by atoms with Gasteiger partial charge in [-0.15, -0.1) is 0 Å². The Balaban J connectivity index is 1.49. The Hall–Kier alpha value is -1.95. The van der Waals surface area contributed by atoms with Crippen molar-refractivity contribution in [2.24, 2.45) is 5.92 Å². The summed E-state index contributed by atoms with van der Waals surface area (Å²) in [4.78, 5) is 9.01. The summed E-state index contributed by atoms with van der Waals surface area (Å²) in [5.74, 6) is 2.36. The lowest BCUT2D eigenvalue weighted by Gasteiger charge is -2.30. The fraction of sp³-hybridized carbons (Fsp3) is 0.588. The van der Waals surface area contributed by atoms with Crippen LogP contribution in [0.1, 0.15) is 37.1 Å². The van der Waals surface area contributed by atoms with Crippen LogP contribution in [0.15, 0.2) is 18.5 Å². The van der Waals surface area contributed by atoms with Gasteiger partial charge in [0.1, 0.15) is 5.82 Å². The summed E-state index contributed by atoms with van der Waals surface area (Å²) < 4.78 is 7.73. The highest BCUT2D eigenvalue weighted by atomic mass is 16.5. The van der Waals surface area contributed by atoms with E-state index in [0.717, 1.165) is 48.4 Å². The van der Waals surface area contributed by atoms with Crippen molar-refractivity contribution in [3.05, 3.63) is 29.8 Å². The minimum Gasteiger partial charge on any atom is -0.378 e. The van der Waals surface area contributed by atoms with Crippen LogP contribution in [0, 0.1) is 19.8 Å². The van der Waals surface area contributed by atoms with E-state index in [-0.39, 0.29) is 0 Å². The van der Waals surface area contributed by atoms with Gasteiger partial charge in [0, 0.05) is 18.3 Å². The van der Waals surface area contributed by atoms with Gasteiger partial charge < -0.3 is 10.1 Å². The van der Waals surface area contributed by atoms with Crippen molar-refractivity contribution in [3.63, 3.8) is 0 Å². The molecule has 1 N–H and O–H groups in total. The number of aryl methyl sites for hydroxylation is 2. The molecule has 2 aromatic heterocycles. The molecule has 6 nitrogen and oxygen atoms in total. The molecule has 4 rings (SSSR count). The highest BCUT2D eigenvalue weighted by molar-refractivity contribution is 5.37. The topological polar surface area (TPSA) is 64.9 Å². The minimum absolute atomic E-state index is 0.416. The third-order valence-corrected chi connectivity index (χ3v) is 4.66. The molecule has 2 atom stereocenters. The highest BCUT2D eigenvalue weighted by Gasteiger charge is 2.35. The molecule has 0 aromatic carbocycles. The predicted molar refractivity (Wildman–Crippen MR) is 87.7 cm³/mol. The summed E-state index contributed by atoms with van der Waals surface area (Å²) in [6.45, 7) is 4.85. The summed E-state index contributed by atoms with van der Waals surface area (Å²) in [5, 5.41) is 8.01. The summed E-state index contributed by atoms with van der Waals surface area (Å²) in [6, 6.07) is 2.46. The van der Waals surface area contributed by atoms with Crippen LogP contribution in [-0.4, -0.2) is 38.5 Å². The van der Waals surface area contributed by atoms with E-state index in [0.29, 0.717) is 12.1 Å². The molecular formula is C17H23N5O. The van der Waals surface area contributed by atoms with E-state index in [9.17, 15) is 0 Å². The van der Waals surface area contributed by atoms with E-state index < -0.39 is 0 Å². The molecule has 23 heavy (non-hydrogen) atoms. The standard InChI is InChI=1S/C17H23N5O/c1-11-7-12(2)22(21-11)17-10-18-9-16(20-17)19-14-5-6-23-15(8-14)13-3-4-13/h7,9-10,13-15H,3-6,8H2,1-2H3,(H,19,20). The number of aromatic nitrogens is 4. The largest absolute Gasteiger partial charge is 0.378 e. The number of ether oxygens (including phenoxy) is 1. The van der Waals surface area contributed by atoms with Gasteiger partial charge in [-0.3, -0.25) is 4.98 Å². The molecular weight excluding hydrogens is 290 g/mol. The summed E-state index contributed by atoms with van der Waals surface area (Å²) in [7, 11) is 0. The Bertz CT molecular complexity index is 694. The van der Waals surface area contributed by atoms with Gasteiger partial charge in [0.2, 0.25) is 0 Å². The molecule has 0 radical (unpaired) electrons. The first-order valence-corrected chi connectivity index (χ1v) is 8.43. The maximum Gasteiger partial charge on any atom is 0.174 e. The maximum absolute atomic E-state index is 5.89. The Morgan fingerprint density at radius 2 is 2.09 bits per heavy atom. The maximum atomic E-state index is 5.89. The average Bonchev–Trinajstić information content (AvgIpc) is 3.33. The van der Waals surface area contributed by atoms with Gasteiger partial charge in [-0.2, -0.15) is 5.10 Å². The predicted octanol–water partition coefficient (Wildman–Crippen LogP) is 2.65. The Morgan fingerprint density at radius 1 is 1.22 bits per heavy atom. The van der Waals surface area contributed by atoms with Crippen LogP contribution in [0.2, 0.25) is 0 Å². The number of hydrogen-bond donors (Lipinski definition) is 1. The van der Waals surface area contributed by atoms with E-state index in [4.69, 9.17) is 4.74 Å². The molecule has 2 unspecified atom stereocenters. The molecule has 1 aliphatic heterocycles. The zero-order valence-corrected chi connectivity index (χ0v) is 13.7. The van der Waals surface area contributed by atoms with Crippen molar-refractivity contribution in [2.75, 3.05) is 11.9 Å². The smallest absolute Gasteiger partial charge is 0.174 e. The van der Waals surface area contributed by atoms with Crippen molar-refractivity contribution in [2.45, 2.75) is 51.7 Å². The quantitative estimate of drug-likeness (QED) is 0.940. The number of nitrogens with zero attached hydrogens (tertiary/aromatic N) is 4. The molecule has 2 aromatic rings. The normalized spacial score (nSPS) is 24.6. The van der Waals surface area contributed by atoms with Gasteiger partial charge in [-0.25, -0.2) is 9.67 Å². The lowest BCUT2D eigenvalue weighted by molar-refractivity contribution is -0.00223. The first-order chi connectivity index (χ1) is 11.2. The van der Waals surface area contributed by atoms with Crippen LogP contribution in [0.5, 0.6) is 0 Å². The van der Waals surface area contributed by atoms with Crippen LogP contribution in [-0.2, 0) is 4.74 Å². The van der Waals surface area contributed by atoms with Crippen LogP contribution in [0.3, 0.4) is 0 Å². The number of hydrogen-bond acceptors (Lipinski definition) is 5. The number of anilines is 1. The first kappa shape index (κ1) is 14.6. The van der Waals surface area contributed by atoms with Crippen molar-refractivity contribution in [1.29, 1.82) is 0 Å². The molecule has 122 valence electrons. The van der Waals surface area contributed by atoms with Gasteiger partial charge >= 0.3 is 0 Å². The Kier molecular flexibility index (Phi) is 3.77. The molecule has 3 heterocycles. The molecule has 1 saturated heterocycles. The Morgan fingerprint density at radius 3 is 2.83 bits per heavy atom. The number of rotatable bonds is 4. The zero-order valence-electron chi connectivity index (χ0n) is 13.7. The molecule has 1 aliphatic carbocycles. The van der Waals surface area contributed by atoms with Gasteiger partial charge in [0.15, 0.2) is 5.82 Å². The second-order valence-corrected chi connectivity index (χ2v) is 6.71. The minimum atomic E-state index is 0.416. The molecule has 0 spiro atoms. The highest BCUT2D eigenvalue weighted by Crippen LogP contribution is 2.38. The van der Waals surface area contributed by atoms with Crippen molar-refractivity contribution < 1.29 is 4.74 Å². The van der Waals surface area contributed by atoms with Gasteiger partial charge in [0.05, 0.1) is 24.2 Å². The molecule has 6 heteroatoms. The lowest BCUT2D eigenvalue weighted by Crippen LogP contribution is -2.35. The molecule has 0 bridgehead atoms. The van der Waals surface area contributed by atoms with Crippen molar-refractivity contribution >= 4 is 5.82 Å². The molecule has 0 amide bonds. The van der Waals surface area contributed by atoms with Crippen LogP contribution in [0.4, 0.5) is 5.82 Å². The molecule has 2 fully saturated rings. The van der Waals surface area contributed by atoms with Crippen LogP contribution >= 0.6 is 0 Å². The SMILES string of the molecule is Cc1cc(C)n(-c2cncc(NC3CCOC(C4CC4)C3)n2)n1. The molecule has 2 aliphatic rings. The van der Waals surface area contributed by atoms with E-state index in [1.807, 2.05) is 24.6 Å². The second kappa shape index (κ2) is 5.92. The summed E-state index contributed by atoms with van der Waals surface area (Å²) in [6.07, 6.45) is 8.70. The number of nitrogens with one attached hydrogen (secondary N) is 1. The fourth-order valence-corrected chi connectivity index (χ4v) is 3.35. The third-order valence-electron chi connectivity index (χ3n) is 4.66. The zero-order chi connectivity index (χ0) is 15.8.